The Morgan fingerprint density at radius 2 is 1.50 bits per heavy atom. The number of carbonyl (C=O) groups excluding carboxylic acids is 1. The van der Waals surface area contributed by atoms with Crippen molar-refractivity contribution in [3.8, 4) is 0 Å². The molecule has 3 saturated heterocycles. The molecule has 0 aromatic heterocycles. The number of likely N-dealkylation sites (tertiary alicyclic amines) is 2. The average molecular weight is 462 g/mol. The van der Waals surface area contributed by atoms with E-state index in [9.17, 15) is 13.2 Å². The SMILES string of the molecule is CCS(=O)(=O)N1CCC(N2CCC(C(=O)N3CCC(Cc4ccccc4)CC3)CC2)CC1. The molecule has 178 valence electrons. The summed E-state index contributed by atoms with van der Waals surface area (Å²) in [6, 6.07) is 11.2. The van der Waals surface area contributed by atoms with Crippen LogP contribution in [0, 0.1) is 11.8 Å². The van der Waals surface area contributed by atoms with Gasteiger partial charge in [-0.15, -0.1) is 0 Å². The quantitative estimate of drug-likeness (QED) is 0.653. The number of amides is 1. The van der Waals surface area contributed by atoms with Gasteiger partial charge in [-0.3, -0.25) is 4.79 Å². The van der Waals surface area contributed by atoms with Crippen LogP contribution in [-0.2, 0) is 21.2 Å². The van der Waals surface area contributed by atoms with Crippen molar-refractivity contribution < 1.29 is 13.2 Å². The maximum atomic E-state index is 13.1. The second-order valence-corrected chi connectivity index (χ2v) is 12.1. The molecule has 1 aromatic rings. The molecule has 3 aliphatic rings. The lowest BCUT2D eigenvalue weighted by molar-refractivity contribution is -0.138. The molecule has 7 heteroatoms. The van der Waals surface area contributed by atoms with Gasteiger partial charge in [-0.1, -0.05) is 30.3 Å². The van der Waals surface area contributed by atoms with Crippen LogP contribution in [0.3, 0.4) is 0 Å². The first-order valence-corrected chi connectivity index (χ1v) is 14.1. The zero-order valence-electron chi connectivity index (χ0n) is 19.5. The number of rotatable bonds is 6. The minimum absolute atomic E-state index is 0.164. The predicted octanol–water partition coefficient (Wildman–Crippen LogP) is 2.99. The van der Waals surface area contributed by atoms with Crippen LogP contribution in [0.5, 0.6) is 0 Å². The van der Waals surface area contributed by atoms with Crippen LogP contribution in [0.15, 0.2) is 30.3 Å². The molecule has 3 heterocycles. The molecule has 4 rings (SSSR count). The molecule has 1 amide bonds. The summed E-state index contributed by atoms with van der Waals surface area (Å²) in [5.41, 5.74) is 1.41. The van der Waals surface area contributed by atoms with Crippen LogP contribution >= 0.6 is 0 Å². The van der Waals surface area contributed by atoms with Crippen molar-refractivity contribution in [2.75, 3.05) is 45.0 Å². The lowest BCUT2D eigenvalue weighted by Crippen LogP contribution is -2.51. The van der Waals surface area contributed by atoms with Crippen molar-refractivity contribution in [1.29, 1.82) is 0 Å². The van der Waals surface area contributed by atoms with Gasteiger partial charge >= 0.3 is 0 Å². The van der Waals surface area contributed by atoms with Crippen LogP contribution < -0.4 is 0 Å². The molecule has 0 bridgehead atoms. The summed E-state index contributed by atoms with van der Waals surface area (Å²) >= 11 is 0. The monoisotopic (exact) mass is 461 g/mol. The van der Waals surface area contributed by atoms with Crippen LogP contribution in [0.2, 0.25) is 0 Å². The highest BCUT2D eigenvalue weighted by atomic mass is 32.2. The highest BCUT2D eigenvalue weighted by Gasteiger charge is 2.35. The number of carbonyl (C=O) groups is 1. The van der Waals surface area contributed by atoms with Gasteiger partial charge in [0.25, 0.3) is 0 Å². The van der Waals surface area contributed by atoms with Crippen molar-refractivity contribution in [2.45, 2.75) is 57.9 Å². The predicted molar refractivity (Wildman–Crippen MR) is 128 cm³/mol. The highest BCUT2D eigenvalue weighted by Crippen LogP contribution is 2.28. The molecule has 0 N–H and O–H groups in total. The summed E-state index contributed by atoms with van der Waals surface area (Å²) in [6.07, 6.45) is 7.04. The van der Waals surface area contributed by atoms with Gasteiger partial charge in [0.2, 0.25) is 15.9 Å². The van der Waals surface area contributed by atoms with E-state index in [1.165, 1.54) is 5.56 Å². The smallest absolute Gasteiger partial charge is 0.225 e. The number of piperidine rings is 3. The lowest BCUT2D eigenvalue weighted by Gasteiger charge is -2.42. The van der Waals surface area contributed by atoms with Gasteiger partial charge in [0.15, 0.2) is 0 Å². The van der Waals surface area contributed by atoms with E-state index in [1.807, 2.05) is 0 Å². The molecule has 1 aromatic carbocycles. The third kappa shape index (κ3) is 5.72. The topological polar surface area (TPSA) is 60.9 Å². The number of hydrogen-bond acceptors (Lipinski definition) is 4. The van der Waals surface area contributed by atoms with Gasteiger partial charge in [-0.05, 0) is 76.4 Å². The second-order valence-electron chi connectivity index (χ2n) is 9.80. The van der Waals surface area contributed by atoms with Crippen molar-refractivity contribution in [1.82, 2.24) is 14.1 Å². The Labute approximate surface area is 194 Å². The first kappa shape index (κ1) is 23.7. The van der Waals surface area contributed by atoms with E-state index in [-0.39, 0.29) is 11.7 Å². The Balaban J connectivity index is 1.18. The molecule has 0 atom stereocenters. The van der Waals surface area contributed by atoms with E-state index in [2.05, 4.69) is 40.1 Å². The third-order valence-corrected chi connectivity index (χ3v) is 9.75. The molecule has 6 nitrogen and oxygen atoms in total. The largest absolute Gasteiger partial charge is 0.342 e. The first-order valence-electron chi connectivity index (χ1n) is 12.5. The summed E-state index contributed by atoms with van der Waals surface area (Å²) in [4.78, 5) is 17.7. The van der Waals surface area contributed by atoms with Gasteiger partial charge in [0.1, 0.15) is 0 Å². The summed E-state index contributed by atoms with van der Waals surface area (Å²) in [5.74, 6) is 1.41. The zero-order chi connectivity index (χ0) is 22.6. The molecule has 0 aliphatic carbocycles. The van der Waals surface area contributed by atoms with Gasteiger partial charge in [0.05, 0.1) is 5.75 Å². The number of benzene rings is 1. The maximum absolute atomic E-state index is 13.1. The van der Waals surface area contributed by atoms with Crippen molar-refractivity contribution >= 4 is 15.9 Å². The van der Waals surface area contributed by atoms with Crippen LogP contribution in [0.1, 0.15) is 51.0 Å². The Morgan fingerprint density at radius 1 is 0.875 bits per heavy atom. The van der Waals surface area contributed by atoms with E-state index >= 15 is 0 Å². The van der Waals surface area contributed by atoms with E-state index in [0.717, 1.165) is 71.1 Å². The summed E-state index contributed by atoms with van der Waals surface area (Å²) in [6.45, 7) is 6.73. The fourth-order valence-corrected chi connectivity index (χ4v) is 6.88. The number of sulfonamides is 1. The second kappa shape index (κ2) is 10.7. The van der Waals surface area contributed by atoms with Gasteiger partial charge in [-0.25, -0.2) is 12.7 Å². The Morgan fingerprint density at radius 3 is 2.09 bits per heavy atom. The summed E-state index contributed by atoms with van der Waals surface area (Å²) in [7, 11) is -3.07. The summed E-state index contributed by atoms with van der Waals surface area (Å²) in [5, 5.41) is 0. The van der Waals surface area contributed by atoms with Gasteiger partial charge in [0, 0.05) is 38.1 Å². The molecule has 32 heavy (non-hydrogen) atoms. The molecule has 3 aliphatic heterocycles. The van der Waals surface area contributed by atoms with E-state index in [4.69, 9.17) is 0 Å². The van der Waals surface area contributed by atoms with E-state index < -0.39 is 10.0 Å². The van der Waals surface area contributed by atoms with E-state index in [1.54, 1.807) is 11.2 Å². The number of hydrogen-bond donors (Lipinski definition) is 0. The molecule has 0 radical (unpaired) electrons. The molecular weight excluding hydrogens is 422 g/mol. The minimum atomic E-state index is -3.07. The molecule has 0 unspecified atom stereocenters. The van der Waals surface area contributed by atoms with Gasteiger partial charge in [-0.2, -0.15) is 0 Å². The Bertz CT molecular complexity index is 836. The Hall–Kier alpha value is -1.44. The average Bonchev–Trinajstić information content (AvgIpc) is 2.85. The fraction of sp³-hybridized carbons (Fsp3) is 0.720. The fourth-order valence-electron chi connectivity index (χ4n) is 5.74. The maximum Gasteiger partial charge on any atom is 0.225 e. The van der Waals surface area contributed by atoms with Crippen molar-refractivity contribution in [3.05, 3.63) is 35.9 Å². The Kier molecular flexibility index (Phi) is 7.90. The van der Waals surface area contributed by atoms with Crippen LogP contribution in [0.4, 0.5) is 0 Å². The lowest BCUT2D eigenvalue weighted by atomic mass is 9.88. The third-order valence-electron chi connectivity index (χ3n) is 7.87. The number of nitrogens with zero attached hydrogens (tertiary/aromatic N) is 3. The van der Waals surface area contributed by atoms with Gasteiger partial charge < -0.3 is 9.80 Å². The van der Waals surface area contributed by atoms with Crippen LogP contribution in [0.25, 0.3) is 0 Å². The van der Waals surface area contributed by atoms with Crippen molar-refractivity contribution in [2.24, 2.45) is 11.8 Å². The molecule has 0 spiro atoms. The normalized spacial score (nSPS) is 23.5. The molecular formula is C25H39N3O3S. The molecule has 3 fully saturated rings. The van der Waals surface area contributed by atoms with E-state index in [0.29, 0.717) is 31.0 Å². The van der Waals surface area contributed by atoms with Crippen molar-refractivity contribution in [3.63, 3.8) is 0 Å². The first-order chi connectivity index (χ1) is 15.5. The standard InChI is InChI=1S/C25H39N3O3S/c1-2-32(30,31)28-18-12-24(13-19-28)26-16-10-23(11-17-26)25(29)27-14-8-22(9-15-27)20-21-6-4-3-5-7-21/h3-7,22-24H,2,8-20H2,1H3. The summed E-state index contributed by atoms with van der Waals surface area (Å²) < 4.78 is 25.8. The molecule has 0 saturated carbocycles. The highest BCUT2D eigenvalue weighted by molar-refractivity contribution is 7.89. The zero-order valence-corrected chi connectivity index (χ0v) is 20.3. The minimum Gasteiger partial charge on any atom is -0.342 e. The van der Waals surface area contributed by atoms with Crippen LogP contribution in [-0.4, -0.2) is 79.5 Å².